The normalized spacial score (nSPS) is 16.7. The molecule has 1 atom stereocenters. The molecule has 0 bridgehead atoms. The summed E-state index contributed by atoms with van der Waals surface area (Å²) in [7, 11) is 0. The van der Waals surface area contributed by atoms with Crippen molar-refractivity contribution in [1.29, 1.82) is 0 Å². The average molecular weight is 258 g/mol. The summed E-state index contributed by atoms with van der Waals surface area (Å²) in [6.07, 6.45) is 4.80. The summed E-state index contributed by atoms with van der Waals surface area (Å²) in [5.74, 6) is 1.63. The Morgan fingerprint density at radius 2 is 2.06 bits per heavy atom. The Hall–Kier alpha value is -1.35. The molecule has 1 fully saturated rings. The summed E-state index contributed by atoms with van der Waals surface area (Å²) in [4.78, 5) is 3.18. The lowest BCUT2D eigenvalue weighted by molar-refractivity contribution is 0.430. The number of aromatic nitrogens is 2. The van der Waals surface area contributed by atoms with E-state index in [0.29, 0.717) is 0 Å². The van der Waals surface area contributed by atoms with Crippen LogP contribution < -0.4 is 0 Å². The maximum absolute atomic E-state index is 5.41. The molecule has 0 aliphatic heterocycles. The summed E-state index contributed by atoms with van der Waals surface area (Å²) in [5.41, 5.74) is 2.43. The van der Waals surface area contributed by atoms with Crippen molar-refractivity contribution >= 4 is 12.2 Å². The van der Waals surface area contributed by atoms with Gasteiger partial charge in [-0.3, -0.25) is 0 Å². The number of H-pyrrole nitrogens is 1. The van der Waals surface area contributed by atoms with Gasteiger partial charge in [0.05, 0.1) is 5.69 Å². The van der Waals surface area contributed by atoms with E-state index in [1.807, 2.05) is 12.3 Å². The number of aromatic amines is 1. The zero-order chi connectivity index (χ0) is 12.5. The van der Waals surface area contributed by atoms with Crippen LogP contribution in [0, 0.1) is 16.6 Å². The topological polar surface area (TPSA) is 20.7 Å². The number of benzene rings is 1. The SMILES string of the molecule is CC(Cn1c(-c2ccccc2)c[nH]c1=S)C1CC1. The van der Waals surface area contributed by atoms with Crippen LogP contribution in [-0.2, 0) is 6.54 Å². The van der Waals surface area contributed by atoms with Crippen LogP contribution in [0.3, 0.4) is 0 Å². The fourth-order valence-corrected chi connectivity index (χ4v) is 2.76. The summed E-state index contributed by atoms with van der Waals surface area (Å²) in [5, 5.41) is 0. The van der Waals surface area contributed by atoms with Crippen LogP contribution in [0.15, 0.2) is 36.5 Å². The number of nitrogens with zero attached hydrogens (tertiary/aromatic N) is 1. The Balaban J connectivity index is 1.93. The highest BCUT2D eigenvalue weighted by Gasteiger charge is 2.28. The maximum atomic E-state index is 5.41. The first-order valence-electron chi connectivity index (χ1n) is 6.59. The van der Waals surface area contributed by atoms with Gasteiger partial charge >= 0.3 is 0 Å². The highest BCUT2D eigenvalue weighted by atomic mass is 32.1. The van der Waals surface area contributed by atoms with Gasteiger partial charge in [0.1, 0.15) is 0 Å². The minimum absolute atomic E-state index is 0.718. The highest BCUT2D eigenvalue weighted by molar-refractivity contribution is 7.71. The minimum atomic E-state index is 0.718. The van der Waals surface area contributed by atoms with Crippen LogP contribution in [0.5, 0.6) is 0 Å². The van der Waals surface area contributed by atoms with Crippen molar-refractivity contribution in [2.24, 2.45) is 11.8 Å². The lowest BCUT2D eigenvalue weighted by atomic mass is 10.1. The molecule has 1 aliphatic carbocycles. The van der Waals surface area contributed by atoms with Crippen LogP contribution >= 0.6 is 12.2 Å². The molecule has 18 heavy (non-hydrogen) atoms. The number of hydrogen-bond donors (Lipinski definition) is 1. The Kier molecular flexibility index (Phi) is 3.08. The molecule has 2 aromatic rings. The third kappa shape index (κ3) is 2.27. The second-order valence-corrected chi connectivity index (χ2v) is 5.66. The van der Waals surface area contributed by atoms with Crippen molar-refractivity contribution in [3.05, 3.63) is 41.3 Å². The van der Waals surface area contributed by atoms with Crippen molar-refractivity contribution in [1.82, 2.24) is 9.55 Å². The van der Waals surface area contributed by atoms with Crippen molar-refractivity contribution in [3.63, 3.8) is 0 Å². The summed E-state index contributed by atoms with van der Waals surface area (Å²) >= 11 is 5.41. The van der Waals surface area contributed by atoms with Gasteiger partial charge in [0.15, 0.2) is 4.77 Å². The van der Waals surface area contributed by atoms with E-state index in [1.165, 1.54) is 24.1 Å². The third-order valence-corrected chi connectivity index (χ3v) is 4.17. The standard InChI is InChI=1S/C15H18N2S/c1-11(12-7-8-12)10-17-14(9-16-15(17)18)13-5-3-2-4-6-13/h2-6,9,11-12H,7-8,10H2,1H3,(H,16,18). The molecule has 1 heterocycles. The number of rotatable bonds is 4. The van der Waals surface area contributed by atoms with Crippen LogP contribution in [0.2, 0.25) is 0 Å². The Morgan fingerprint density at radius 1 is 1.33 bits per heavy atom. The summed E-state index contributed by atoms with van der Waals surface area (Å²) in [6.45, 7) is 3.36. The highest BCUT2D eigenvalue weighted by Crippen LogP contribution is 2.37. The monoisotopic (exact) mass is 258 g/mol. The van der Waals surface area contributed by atoms with Gasteiger partial charge in [0.2, 0.25) is 0 Å². The molecular formula is C15H18N2S. The molecule has 94 valence electrons. The van der Waals surface area contributed by atoms with Crippen molar-refractivity contribution in [2.45, 2.75) is 26.3 Å². The van der Waals surface area contributed by atoms with E-state index in [1.54, 1.807) is 0 Å². The molecule has 0 saturated heterocycles. The van der Waals surface area contributed by atoms with Gasteiger partial charge in [0.25, 0.3) is 0 Å². The molecule has 3 heteroatoms. The zero-order valence-corrected chi connectivity index (χ0v) is 11.4. The first-order chi connectivity index (χ1) is 8.75. The largest absolute Gasteiger partial charge is 0.337 e. The number of nitrogens with one attached hydrogen (secondary N) is 1. The molecule has 1 N–H and O–H groups in total. The van der Waals surface area contributed by atoms with Crippen molar-refractivity contribution < 1.29 is 0 Å². The fourth-order valence-electron chi connectivity index (χ4n) is 2.53. The van der Waals surface area contributed by atoms with E-state index in [0.717, 1.165) is 23.2 Å². The number of imidazole rings is 1. The van der Waals surface area contributed by atoms with Crippen molar-refractivity contribution in [2.75, 3.05) is 0 Å². The molecule has 0 amide bonds. The first kappa shape index (κ1) is 11.7. The first-order valence-corrected chi connectivity index (χ1v) is 7.00. The minimum Gasteiger partial charge on any atom is -0.337 e. The molecule has 1 saturated carbocycles. The average Bonchev–Trinajstić information content (AvgIpc) is 3.18. The van der Waals surface area contributed by atoms with E-state index >= 15 is 0 Å². The summed E-state index contributed by atoms with van der Waals surface area (Å²) in [6, 6.07) is 10.5. The predicted molar refractivity (Wildman–Crippen MR) is 76.9 cm³/mol. The van der Waals surface area contributed by atoms with Gasteiger partial charge in [-0.15, -0.1) is 0 Å². The fraction of sp³-hybridized carbons (Fsp3) is 0.400. The maximum Gasteiger partial charge on any atom is 0.177 e. The van der Waals surface area contributed by atoms with Gasteiger partial charge in [-0.25, -0.2) is 0 Å². The number of hydrogen-bond acceptors (Lipinski definition) is 1. The Bertz CT molecular complexity index is 578. The van der Waals surface area contributed by atoms with E-state index < -0.39 is 0 Å². The van der Waals surface area contributed by atoms with Crippen LogP contribution in [0.4, 0.5) is 0 Å². The Labute approximate surface area is 113 Å². The lowest BCUT2D eigenvalue weighted by Crippen LogP contribution is -2.10. The quantitative estimate of drug-likeness (QED) is 0.813. The second-order valence-electron chi connectivity index (χ2n) is 5.27. The lowest BCUT2D eigenvalue weighted by Gasteiger charge is -2.14. The molecule has 1 aromatic carbocycles. The Morgan fingerprint density at radius 3 is 2.72 bits per heavy atom. The molecule has 0 spiro atoms. The molecule has 0 radical (unpaired) electrons. The van der Waals surface area contributed by atoms with Crippen LogP contribution in [0.1, 0.15) is 19.8 Å². The molecular weight excluding hydrogens is 240 g/mol. The van der Waals surface area contributed by atoms with E-state index in [9.17, 15) is 0 Å². The second kappa shape index (κ2) is 4.73. The van der Waals surface area contributed by atoms with Gasteiger partial charge in [-0.2, -0.15) is 0 Å². The molecule has 3 rings (SSSR count). The van der Waals surface area contributed by atoms with Crippen LogP contribution in [-0.4, -0.2) is 9.55 Å². The van der Waals surface area contributed by atoms with E-state index in [-0.39, 0.29) is 0 Å². The van der Waals surface area contributed by atoms with E-state index in [2.05, 4.69) is 40.7 Å². The van der Waals surface area contributed by atoms with E-state index in [4.69, 9.17) is 12.2 Å². The molecule has 1 aromatic heterocycles. The molecule has 1 unspecified atom stereocenters. The van der Waals surface area contributed by atoms with Gasteiger partial charge < -0.3 is 9.55 Å². The molecule has 2 nitrogen and oxygen atoms in total. The third-order valence-electron chi connectivity index (χ3n) is 3.84. The van der Waals surface area contributed by atoms with Gasteiger partial charge in [-0.05, 0) is 42.5 Å². The van der Waals surface area contributed by atoms with Crippen LogP contribution in [0.25, 0.3) is 11.3 Å². The summed E-state index contributed by atoms with van der Waals surface area (Å²) < 4.78 is 3.08. The van der Waals surface area contributed by atoms with Crippen molar-refractivity contribution in [3.8, 4) is 11.3 Å². The van der Waals surface area contributed by atoms with Gasteiger partial charge in [0, 0.05) is 12.7 Å². The van der Waals surface area contributed by atoms with Gasteiger partial charge in [-0.1, -0.05) is 37.3 Å². The predicted octanol–water partition coefficient (Wildman–Crippen LogP) is 4.26. The molecule has 1 aliphatic rings. The zero-order valence-electron chi connectivity index (χ0n) is 10.6. The smallest absolute Gasteiger partial charge is 0.177 e.